The molecule has 0 saturated carbocycles. The number of carbonyl (C=O) groups is 3. The zero-order valence-electron chi connectivity index (χ0n) is 49.9. The normalized spacial score (nSPS) is 13.9. The van der Waals surface area contributed by atoms with Gasteiger partial charge in [0.1, 0.15) is 12.7 Å². The van der Waals surface area contributed by atoms with Crippen molar-refractivity contribution in [3.05, 3.63) is 85.1 Å². The fraction of sp³-hybridized carbons (Fsp3) is 0.742. The van der Waals surface area contributed by atoms with Gasteiger partial charge in [0.05, 0.1) is 19.8 Å². The van der Waals surface area contributed by atoms with Crippen LogP contribution in [0, 0.1) is 0 Å². The number of phosphoric acid groups is 1. The van der Waals surface area contributed by atoms with E-state index in [0.29, 0.717) is 19.3 Å². The highest BCUT2D eigenvalue weighted by atomic mass is 31.2. The van der Waals surface area contributed by atoms with Crippen molar-refractivity contribution < 1.29 is 52.2 Å². The van der Waals surface area contributed by atoms with E-state index in [1.165, 1.54) is 83.5 Å². The number of aliphatic hydroxyl groups is 1. The van der Waals surface area contributed by atoms with Crippen molar-refractivity contribution >= 4 is 25.7 Å². The molecule has 0 saturated heterocycles. The second kappa shape index (κ2) is 59.8. The van der Waals surface area contributed by atoms with Gasteiger partial charge in [0.15, 0.2) is 6.10 Å². The van der Waals surface area contributed by atoms with E-state index in [1.807, 2.05) is 0 Å². The fourth-order valence-electron chi connectivity index (χ4n) is 8.49. The van der Waals surface area contributed by atoms with E-state index in [4.69, 9.17) is 23.3 Å². The second-order valence-electron chi connectivity index (χ2n) is 20.8. The van der Waals surface area contributed by atoms with Crippen LogP contribution in [0.25, 0.3) is 0 Å². The number of carbonyl (C=O) groups excluding carboxylic acids is 3. The number of aliphatic hydroxyl groups excluding tert-OH is 1. The Hall–Kier alpha value is -3.34. The van der Waals surface area contributed by atoms with Crippen LogP contribution in [0.15, 0.2) is 85.1 Å². The SMILES string of the molecule is CC/C=C\C/C=C\C/C=C\C/C=C\CCCCCCCCC(=O)OC(COC(=O)CCCCCCC/C=C\C/C=C\CCCCC)COP(=O)(O)OCC(CO)OC(=O)CCCCCCCCC/C=C\CCCCCCCC. The number of rotatable bonds is 58. The van der Waals surface area contributed by atoms with Crippen molar-refractivity contribution in [3.8, 4) is 0 Å². The molecule has 0 aromatic rings. The highest BCUT2D eigenvalue weighted by Crippen LogP contribution is 2.43. The summed E-state index contributed by atoms with van der Waals surface area (Å²) in [5, 5.41) is 9.85. The minimum absolute atomic E-state index is 0.146. The molecule has 450 valence electrons. The molecule has 0 bridgehead atoms. The molecule has 3 unspecified atom stereocenters. The standard InChI is InChI=1S/C66H115O11P/c1-4-7-10-13-16-19-22-25-28-30-31-33-36-39-42-45-48-51-54-57-66(70)77-63(59-73-64(68)55-52-49-46-43-40-37-34-27-24-21-18-15-12-9-6-3)61-75-78(71,72)74-60-62(58-67)76-65(69)56-53-50-47-44-41-38-35-32-29-26-23-20-17-14-11-8-5-2/h7,10,16,18-19,21,25-29,31,33-34,62-63,67H,4-6,8-9,11-15,17,20,22-24,30,32,35-61H2,1-3H3,(H,71,72)/b10-7-,19-16-,21-18-,28-25-,29-26-,33-31-,34-27-. The van der Waals surface area contributed by atoms with E-state index >= 15 is 0 Å². The average Bonchev–Trinajstić information content (AvgIpc) is 3.43. The van der Waals surface area contributed by atoms with E-state index < -0.39 is 57.8 Å². The molecule has 0 radical (unpaired) electrons. The molecule has 0 aromatic carbocycles. The first-order valence-corrected chi connectivity index (χ1v) is 33.0. The maximum atomic E-state index is 12.9. The lowest BCUT2D eigenvalue weighted by Crippen LogP contribution is -2.30. The third-order valence-corrected chi connectivity index (χ3v) is 14.2. The number of esters is 3. The van der Waals surface area contributed by atoms with Gasteiger partial charge in [-0.25, -0.2) is 4.57 Å². The molecule has 2 N–H and O–H groups in total. The fourth-order valence-corrected chi connectivity index (χ4v) is 9.27. The van der Waals surface area contributed by atoms with Gasteiger partial charge in [0, 0.05) is 19.3 Å². The van der Waals surface area contributed by atoms with E-state index in [-0.39, 0.29) is 25.9 Å². The zero-order chi connectivity index (χ0) is 56.9. The van der Waals surface area contributed by atoms with E-state index in [2.05, 4.69) is 106 Å². The Bertz CT molecular complexity index is 1630. The molecular formula is C66H115O11P. The highest BCUT2D eigenvalue weighted by Gasteiger charge is 2.28. The molecule has 0 heterocycles. The first kappa shape index (κ1) is 74.7. The summed E-state index contributed by atoms with van der Waals surface area (Å²) in [4.78, 5) is 48.7. The van der Waals surface area contributed by atoms with Gasteiger partial charge < -0.3 is 24.2 Å². The van der Waals surface area contributed by atoms with Crippen LogP contribution in [0.3, 0.4) is 0 Å². The molecule has 0 fully saturated rings. The van der Waals surface area contributed by atoms with Crippen molar-refractivity contribution in [1.82, 2.24) is 0 Å². The molecule has 0 aliphatic heterocycles. The van der Waals surface area contributed by atoms with Crippen molar-refractivity contribution in [2.24, 2.45) is 0 Å². The Balaban J connectivity index is 4.74. The summed E-state index contributed by atoms with van der Waals surface area (Å²) in [5.41, 5.74) is 0. The monoisotopic (exact) mass is 1110 g/mol. The summed E-state index contributed by atoms with van der Waals surface area (Å²) in [6, 6.07) is 0. The molecule has 78 heavy (non-hydrogen) atoms. The summed E-state index contributed by atoms with van der Waals surface area (Å²) >= 11 is 0. The van der Waals surface area contributed by atoms with Gasteiger partial charge in [0.25, 0.3) is 0 Å². The maximum absolute atomic E-state index is 12.9. The van der Waals surface area contributed by atoms with Gasteiger partial charge in [-0.15, -0.1) is 0 Å². The first-order chi connectivity index (χ1) is 38.2. The minimum Gasteiger partial charge on any atom is -0.462 e. The van der Waals surface area contributed by atoms with E-state index in [1.54, 1.807) is 0 Å². The second-order valence-corrected chi connectivity index (χ2v) is 22.3. The van der Waals surface area contributed by atoms with Gasteiger partial charge in [-0.2, -0.15) is 0 Å². The molecule has 0 aliphatic rings. The quantitative estimate of drug-likeness (QED) is 0.0197. The van der Waals surface area contributed by atoms with E-state index in [9.17, 15) is 28.9 Å². The van der Waals surface area contributed by atoms with Gasteiger partial charge in [0.2, 0.25) is 0 Å². The predicted octanol–water partition coefficient (Wildman–Crippen LogP) is 19.0. The van der Waals surface area contributed by atoms with Crippen LogP contribution in [-0.4, -0.2) is 66.5 Å². The number of hydrogen-bond donors (Lipinski definition) is 2. The molecule has 0 rings (SSSR count). The summed E-state index contributed by atoms with van der Waals surface area (Å²) in [7, 11) is -4.76. The van der Waals surface area contributed by atoms with Crippen LogP contribution in [0.4, 0.5) is 0 Å². The topological polar surface area (TPSA) is 155 Å². The predicted molar refractivity (Wildman–Crippen MR) is 325 cm³/mol. The molecule has 0 spiro atoms. The van der Waals surface area contributed by atoms with Crippen molar-refractivity contribution in [3.63, 3.8) is 0 Å². The number of phosphoric ester groups is 1. The van der Waals surface area contributed by atoms with Crippen molar-refractivity contribution in [1.29, 1.82) is 0 Å². The van der Waals surface area contributed by atoms with Crippen LogP contribution in [-0.2, 0) is 42.2 Å². The molecule has 0 amide bonds. The Labute approximate surface area is 477 Å². The van der Waals surface area contributed by atoms with Gasteiger partial charge >= 0.3 is 25.7 Å². The first-order valence-electron chi connectivity index (χ1n) is 31.5. The smallest absolute Gasteiger partial charge is 0.462 e. The van der Waals surface area contributed by atoms with Gasteiger partial charge in [-0.05, 0) is 116 Å². The van der Waals surface area contributed by atoms with E-state index in [0.717, 1.165) is 135 Å². The third kappa shape index (κ3) is 57.3. The molecule has 0 aliphatic carbocycles. The maximum Gasteiger partial charge on any atom is 0.472 e. The third-order valence-electron chi connectivity index (χ3n) is 13.3. The zero-order valence-corrected chi connectivity index (χ0v) is 50.8. The number of allylic oxidation sites excluding steroid dienone is 14. The largest absolute Gasteiger partial charge is 0.472 e. The van der Waals surface area contributed by atoms with Gasteiger partial charge in [-0.1, -0.05) is 228 Å². The molecule has 3 atom stereocenters. The lowest BCUT2D eigenvalue weighted by molar-refractivity contribution is -0.161. The number of unbranched alkanes of at least 4 members (excludes halogenated alkanes) is 27. The minimum atomic E-state index is -4.76. The Morgan fingerprint density at radius 1 is 0.372 bits per heavy atom. The summed E-state index contributed by atoms with van der Waals surface area (Å²) in [5.74, 6) is -1.50. The Kier molecular flexibility index (Phi) is 57.2. The Morgan fingerprint density at radius 2 is 0.667 bits per heavy atom. The summed E-state index contributed by atoms with van der Waals surface area (Å²) in [6.45, 7) is 4.49. The lowest BCUT2D eigenvalue weighted by atomic mass is 10.1. The van der Waals surface area contributed by atoms with Crippen LogP contribution < -0.4 is 0 Å². The van der Waals surface area contributed by atoms with Crippen LogP contribution in [0.2, 0.25) is 0 Å². The Morgan fingerprint density at radius 3 is 1.06 bits per heavy atom. The number of ether oxygens (including phenoxy) is 3. The molecule has 11 nitrogen and oxygen atoms in total. The van der Waals surface area contributed by atoms with Crippen molar-refractivity contribution in [2.75, 3.05) is 26.4 Å². The number of hydrogen-bond acceptors (Lipinski definition) is 10. The van der Waals surface area contributed by atoms with Crippen LogP contribution in [0.1, 0.15) is 278 Å². The molecule has 12 heteroatoms. The summed E-state index contributed by atoms with van der Waals surface area (Å²) < 4.78 is 39.6. The molecule has 0 aromatic heterocycles. The lowest BCUT2D eigenvalue weighted by Gasteiger charge is -2.21. The highest BCUT2D eigenvalue weighted by molar-refractivity contribution is 7.47. The van der Waals surface area contributed by atoms with Crippen molar-refractivity contribution in [2.45, 2.75) is 290 Å². The van der Waals surface area contributed by atoms with Gasteiger partial charge in [-0.3, -0.25) is 23.4 Å². The summed E-state index contributed by atoms with van der Waals surface area (Å²) in [6.07, 6.45) is 69.5. The average molecular weight is 1120 g/mol. The van der Waals surface area contributed by atoms with Crippen LogP contribution >= 0.6 is 7.82 Å². The van der Waals surface area contributed by atoms with Crippen LogP contribution in [0.5, 0.6) is 0 Å². The molecular weight excluding hydrogens is 1000 g/mol.